The molecule has 1 aliphatic rings. The lowest BCUT2D eigenvalue weighted by molar-refractivity contribution is 0.0556. The predicted molar refractivity (Wildman–Crippen MR) is 99.4 cm³/mol. The van der Waals surface area contributed by atoms with Crippen LogP contribution in [0.4, 0.5) is 10.5 Å². The average Bonchev–Trinajstić information content (AvgIpc) is 2.37. The number of hydrogen-bond acceptors (Lipinski definition) is 2. The Kier molecular flexibility index (Phi) is 5.68. The van der Waals surface area contributed by atoms with Crippen LogP contribution in [0, 0.1) is 5.92 Å². The number of aryl methyl sites for hydroxylation is 1. The molecule has 0 saturated heterocycles. The van der Waals surface area contributed by atoms with Gasteiger partial charge in [-0.15, -0.1) is 0 Å². The van der Waals surface area contributed by atoms with Crippen molar-refractivity contribution in [1.29, 1.82) is 0 Å². The van der Waals surface area contributed by atoms with Crippen LogP contribution < -0.4 is 4.90 Å². The van der Waals surface area contributed by atoms with Crippen LogP contribution in [0.3, 0.4) is 0 Å². The van der Waals surface area contributed by atoms with Crippen LogP contribution in [-0.4, -0.2) is 17.7 Å². The Balaban J connectivity index is 2.42. The van der Waals surface area contributed by atoms with Gasteiger partial charge in [-0.25, -0.2) is 4.79 Å². The summed E-state index contributed by atoms with van der Waals surface area (Å²) in [7, 11) is 0. The van der Waals surface area contributed by atoms with Gasteiger partial charge in [-0.3, -0.25) is 4.90 Å². The van der Waals surface area contributed by atoms with E-state index in [4.69, 9.17) is 16.3 Å². The molecule has 0 aliphatic carbocycles. The van der Waals surface area contributed by atoms with Crippen molar-refractivity contribution >= 4 is 39.3 Å². The molecule has 0 fully saturated rings. The van der Waals surface area contributed by atoms with Gasteiger partial charge in [0.1, 0.15) is 5.60 Å². The van der Waals surface area contributed by atoms with Gasteiger partial charge in [0.15, 0.2) is 0 Å². The number of anilines is 1. The Bertz CT molecular complexity index is 595. The third-order valence-electron chi connectivity index (χ3n) is 3.83. The zero-order valence-electron chi connectivity index (χ0n) is 14.5. The van der Waals surface area contributed by atoms with Crippen molar-refractivity contribution in [3.63, 3.8) is 0 Å². The van der Waals surface area contributed by atoms with Crippen LogP contribution in [-0.2, 0) is 11.2 Å². The first-order chi connectivity index (χ1) is 10.6. The lowest BCUT2D eigenvalue weighted by Crippen LogP contribution is -2.46. The largest absolute Gasteiger partial charge is 0.443 e. The zero-order valence-corrected chi connectivity index (χ0v) is 16.8. The van der Waals surface area contributed by atoms with Crippen molar-refractivity contribution in [3.05, 3.63) is 27.2 Å². The zero-order chi connectivity index (χ0) is 17.4. The van der Waals surface area contributed by atoms with Crippen molar-refractivity contribution in [3.8, 4) is 0 Å². The highest BCUT2D eigenvalue weighted by Crippen LogP contribution is 2.39. The van der Waals surface area contributed by atoms with Gasteiger partial charge in [0.05, 0.1) is 10.7 Å². The summed E-state index contributed by atoms with van der Waals surface area (Å²) < 4.78 is 6.46. The maximum absolute atomic E-state index is 12.8. The maximum atomic E-state index is 12.8. The van der Waals surface area contributed by atoms with Gasteiger partial charge in [-0.05, 0) is 79.6 Å². The summed E-state index contributed by atoms with van der Waals surface area (Å²) in [6.45, 7) is 10.0. The van der Waals surface area contributed by atoms with Crippen LogP contribution in [0.1, 0.15) is 53.0 Å². The fraction of sp³-hybridized carbons (Fsp3) is 0.611. The second-order valence-electron chi connectivity index (χ2n) is 7.57. The van der Waals surface area contributed by atoms with Gasteiger partial charge >= 0.3 is 6.09 Å². The third kappa shape index (κ3) is 4.63. The van der Waals surface area contributed by atoms with Crippen molar-refractivity contribution in [1.82, 2.24) is 0 Å². The summed E-state index contributed by atoms with van der Waals surface area (Å²) in [5.41, 5.74) is 1.50. The summed E-state index contributed by atoms with van der Waals surface area (Å²) in [6.07, 6.45) is 2.54. The van der Waals surface area contributed by atoms with Crippen molar-refractivity contribution in [2.75, 3.05) is 4.90 Å². The number of fused-ring (bicyclic) bond motifs is 1. The first-order valence-electron chi connectivity index (χ1n) is 8.08. The molecule has 2 rings (SSSR count). The van der Waals surface area contributed by atoms with E-state index < -0.39 is 5.60 Å². The van der Waals surface area contributed by atoms with Crippen molar-refractivity contribution in [2.45, 2.75) is 65.5 Å². The molecule has 1 aromatic rings. The summed E-state index contributed by atoms with van der Waals surface area (Å²) in [4.78, 5) is 14.6. The highest BCUT2D eigenvalue weighted by Gasteiger charge is 2.34. The maximum Gasteiger partial charge on any atom is 0.415 e. The molecule has 1 aromatic carbocycles. The number of nitrogens with zero attached hydrogens (tertiary/aromatic N) is 1. The molecule has 0 N–H and O–H groups in total. The summed E-state index contributed by atoms with van der Waals surface area (Å²) in [5, 5.41) is 0.676. The highest BCUT2D eigenvalue weighted by atomic mass is 79.9. The van der Waals surface area contributed by atoms with E-state index in [0.29, 0.717) is 10.9 Å². The van der Waals surface area contributed by atoms with E-state index in [1.54, 1.807) is 0 Å². The first-order valence-corrected chi connectivity index (χ1v) is 9.25. The third-order valence-corrected chi connectivity index (χ3v) is 5.02. The molecule has 5 heteroatoms. The molecule has 0 saturated carbocycles. The molecule has 23 heavy (non-hydrogen) atoms. The highest BCUT2D eigenvalue weighted by molar-refractivity contribution is 9.10. The number of benzene rings is 1. The van der Waals surface area contributed by atoms with Crippen LogP contribution in [0.15, 0.2) is 16.6 Å². The van der Waals surface area contributed by atoms with E-state index in [-0.39, 0.29) is 12.1 Å². The van der Waals surface area contributed by atoms with E-state index in [0.717, 1.165) is 35.0 Å². The molecule has 1 unspecified atom stereocenters. The number of carbonyl (C=O) groups is 1. The SMILES string of the molecule is CC(C)CC1CCc2cc(Cl)c(Br)cc2N1C(=O)OC(C)(C)C. The molecule has 1 amide bonds. The molecule has 0 spiro atoms. The van der Waals surface area contributed by atoms with E-state index in [9.17, 15) is 4.79 Å². The quantitative estimate of drug-likeness (QED) is 0.589. The normalized spacial score (nSPS) is 18.1. The van der Waals surface area contributed by atoms with Gasteiger partial charge < -0.3 is 4.74 Å². The Hall–Kier alpha value is -0.740. The van der Waals surface area contributed by atoms with Crippen LogP contribution in [0.2, 0.25) is 5.02 Å². The van der Waals surface area contributed by atoms with E-state index in [1.807, 2.05) is 37.8 Å². The van der Waals surface area contributed by atoms with Gasteiger partial charge in [0.25, 0.3) is 0 Å². The molecule has 1 heterocycles. The number of hydrogen-bond donors (Lipinski definition) is 0. The van der Waals surface area contributed by atoms with Crippen molar-refractivity contribution < 1.29 is 9.53 Å². The number of rotatable bonds is 2. The Morgan fingerprint density at radius 2 is 2.09 bits per heavy atom. The Labute approximate surface area is 152 Å². The van der Waals surface area contributed by atoms with Crippen molar-refractivity contribution in [2.24, 2.45) is 5.92 Å². The Morgan fingerprint density at radius 3 is 2.65 bits per heavy atom. The second kappa shape index (κ2) is 7.02. The monoisotopic (exact) mass is 401 g/mol. The minimum absolute atomic E-state index is 0.158. The molecule has 128 valence electrons. The standard InChI is InChI=1S/C18H25BrClNO2/c1-11(2)8-13-7-6-12-9-15(20)14(19)10-16(12)21(13)17(22)23-18(3,4)5/h9-11,13H,6-8H2,1-5H3. The molecular formula is C18H25BrClNO2. The topological polar surface area (TPSA) is 29.5 Å². The predicted octanol–water partition coefficient (Wildman–Crippen LogP) is 6.20. The van der Waals surface area contributed by atoms with Gasteiger partial charge in [-0.2, -0.15) is 0 Å². The molecule has 0 aromatic heterocycles. The number of amides is 1. The average molecular weight is 403 g/mol. The molecule has 1 atom stereocenters. The van der Waals surface area contributed by atoms with E-state index in [1.165, 1.54) is 0 Å². The van der Waals surface area contributed by atoms with E-state index >= 15 is 0 Å². The molecule has 3 nitrogen and oxygen atoms in total. The molecule has 0 bridgehead atoms. The molecule has 1 aliphatic heterocycles. The number of ether oxygens (including phenoxy) is 1. The Morgan fingerprint density at radius 1 is 1.43 bits per heavy atom. The first kappa shape index (κ1) is 18.6. The molecular weight excluding hydrogens is 378 g/mol. The fourth-order valence-electron chi connectivity index (χ4n) is 2.98. The van der Waals surface area contributed by atoms with Crippen LogP contribution in [0.5, 0.6) is 0 Å². The number of halogens is 2. The summed E-state index contributed by atoms with van der Waals surface area (Å²) >= 11 is 9.69. The summed E-state index contributed by atoms with van der Waals surface area (Å²) in [6, 6.07) is 4.04. The van der Waals surface area contributed by atoms with Gasteiger partial charge in [-0.1, -0.05) is 25.4 Å². The van der Waals surface area contributed by atoms with Crippen LogP contribution in [0.25, 0.3) is 0 Å². The lowest BCUT2D eigenvalue weighted by Gasteiger charge is -2.39. The smallest absolute Gasteiger partial charge is 0.415 e. The van der Waals surface area contributed by atoms with Gasteiger partial charge in [0.2, 0.25) is 0 Å². The van der Waals surface area contributed by atoms with Crippen LogP contribution >= 0.6 is 27.5 Å². The number of carbonyl (C=O) groups excluding carboxylic acids is 1. The fourth-order valence-corrected chi connectivity index (χ4v) is 3.49. The van der Waals surface area contributed by atoms with Gasteiger partial charge in [0, 0.05) is 10.5 Å². The second-order valence-corrected chi connectivity index (χ2v) is 8.83. The summed E-state index contributed by atoms with van der Waals surface area (Å²) in [5.74, 6) is 0.516. The minimum atomic E-state index is -0.513. The van der Waals surface area contributed by atoms with E-state index in [2.05, 4.69) is 29.8 Å². The minimum Gasteiger partial charge on any atom is -0.443 e. The molecule has 0 radical (unpaired) electrons. The lowest BCUT2D eigenvalue weighted by atomic mass is 9.91.